The second-order valence-electron chi connectivity index (χ2n) is 6.47. The van der Waals surface area contributed by atoms with Gasteiger partial charge < -0.3 is 0 Å². The molecule has 12 nitrogen and oxygen atoms in total. The summed E-state index contributed by atoms with van der Waals surface area (Å²) in [4.78, 5) is 55.0. The zero-order chi connectivity index (χ0) is 20.6. The van der Waals surface area contributed by atoms with Crippen LogP contribution in [0.5, 0.6) is 0 Å². The number of carbonyl (C=O) groups excluding carboxylic acids is 1. The Morgan fingerprint density at radius 3 is 2.79 bits per heavy atom. The third-order valence-electron chi connectivity index (χ3n) is 4.03. The van der Waals surface area contributed by atoms with Crippen molar-refractivity contribution in [2.45, 2.75) is 51.5 Å². The Labute approximate surface area is 157 Å². The van der Waals surface area contributed by atoms with E-state index in [2.05, 4.69) is 4.74 Å². The Bertz CT molecular complexity index is 869. The summed E-state index contributed by atoms with van der Waals surface area (Å²) < 4.78 is 40.0. The number of fused-ring (bicyclic) bond motifs is 1. The average Bonchev–Trinajstić information content (AvgIpc) is 2.98. The Balaban J connectivity index is 1.81. The first kappa shape index (κ1) is 20.8. The van der Waals surface area contributed by atoms with E-state index < -0.39 is 62.7 Å². The Kier molecular flexibility index (Phi) is 5.84. The Morgan fingerprint density at radius 2 is 2.11 bits per heavy atom. The van der Waals surface area contributed by atoms with Crippen LogP contribution in [-0.2, 0) is 30.0 Å². The molecule has 3 rings (SSSR count). The molecule has 2 aliphatic heterocycles. The van der Waals surface area contributed by atoms with Crippen LogP contribution < -0.4 is 11.2 Å². The maximum atomic E-state index is 14.1. The molecule has 0 aromatic carbocycles. The second kappa shape index (κ2) is 7.85. The summed E-state index contributed by atoms with van der Waals surface area (Å²) in [5.74, 6) is -1.27. The van der Waals surface area contributed by atoms with Gasteiger partial charge in [0.2, 0.25) is 0 Å². The molecule has 0 unspecified atom stereocenters. The number of aromatic nitrogens is 2. The molecule has 28 heavy (non-hydrogen) atoms. The number of rotatable bonds is 4. The van der Waals surface area contributed by atoms with Crippen molar-refractivity contribution in [2.24, 2.45) is 0 Å². The molecule has 2 N–H and O–H groups in total. The number of ether oxygens (including phenoxy) is 3. The van der Waals surface area contributed by atoms with Crippen LogP contribution in [0.2, 0.25) is 0 Å². The van der Waals surface area contributed by atoms with Gasteiger partial charge in [-0.1, -0.05) is 0 Å². The summed E-state index contributed by atoms with van der Waals surface area (Å²) in [6, 6.07) is 0. The monoisotopic (exact) mass is 426 g/mol. The fourth-order valence-corrected chi connectivity index (χ4v) is 3.91. The average molecular weight is 426 g/mol. The molecule has 0 bridgehead atoms. The van der Waals surface area contributed by atoms with Crippen LogP contribution in [0.3, 0.4) is 0 Å². The molecule has 0 radical (unpaired) electrons. The molecule has 1 aromatic heterocycles. The van der Waals surface area contributed by atoms with E-state index in [4.69, 9.17) is 18.5 Å². The SMILES string of the molecule is CC(C)OC(=O)OCn1c(=O)c(F)cn([C@H]2C[C@@H]3O[PH](O)(O)OC[C@H]3O2)c1=O. The van der Waals surface area contributed by atoms with E-state index in [1.165, 1.54) is 0 Å². The van der Waals surface area contributed by atoms with Gasteiger partial charge in [-0.25, -0.2) is 0 Å². The van der Waals surface area contributed by atoms with Gasteiger partial charge in [0.25, 0.3) is 0 Å². The van der Waals surface area contributed by atoms with Gasteiger partial charge in [-0.2, -0.15) is 0 Å². The topological polar surface area (TPSA) is 148 Å². The van der Waals surface area contributed by atoms with Crippen molar-refractivity contribution >= 4 is 14.3 Å². The number of halogens is 1. The zero-order valence-corrected chi connectivity index (χ0v) is 15.9. The van der Waals surface area contributed by atoms with E-state index in [-0.39, 0.29) is 13.0 Å². The summed E-state index contributed by atoms with van der Waals surface area (Å²) >= 11 is 0. The molecule has 0 spiro atoms. The first-order valence-corrected chi connectivity index (χ1v) is 10.1. The zero-order valence-electron chi connectivity index (χ0n) is 14.9. The van der Waals surface area contributed by atoms with Crippen LogP contribution in [0.4, 0.5) is 9.18 Å². The van der Waals surface area contributed by atoms with Gasteiger partial charge in [-0.3, -0.25) is 0 Å². The summed E-state index contributed by atoms with van der Waals surface area (Å²) in [5.41, 5.74) is -2.28. The van der Waals surface area contributed by atoms with Crippen molar-refractivity contribution < 1.29 is 42.2 Å². The van der Waals surface area contributed by atoms with Gasteiger partial charge >= 0.3 is 143 Å². The minimum atomic E-state index is -4.26. The molecule has 1 aromatic rings. The standard InChI is InChI=1S/C14H20FN2O10P/c1-7(2)25-14(20)23-6-17-12(18)8(15)4-16(13(17)19)11-3-9-10(26-11)5-24-28(21,22)27-9/h4,7,9-11,21-22,28H,3,5-6H2,1-2H3/t9-,10+,11+/m0/s1. The third-order valence-corrected chi connectivity index (χ3v) is 5.18. The molecular formula is C14H20FN2O10P. The van der Waals surface area contributed by atoms with Crippen LogP contribution >= 0.6 is 8.17 Å². The van der Waals surface area contributed by atoms with Crippen molar-refractivity contribution in [1.29, 1.82) is 0 Å². The van der Waals surface area contributed by atoms with E-state index in [1.807, 2.05) is 0 Å². The molecule has 2 fully saturated rings. The van der Waals surface area contributed by atoms with Crippen LogP contribution in [0, 0.1) is 5.82 Å². The Hall–Kier alpha value is -1.89. The molecule has 158 valence electrons. The maximum absolute atomic E-state index is 14.1. The number of hydrogen-bond donors (Lipinski definition) is 2. The number of nitrogens with zero attached hydrogens (tertiary/aromatic N) is 2. The van der Waals surface area contributed by atoms with E-state index in [9.17, 15) is 28.6 Å². The van der Waals surface area contributed by atoms with Crippen molar-refractivity contribution in [3.63, 3.8) is 0 Å². The number of carbonyl (C=O) groups is 1. The van der Waals surface area contributed by atoms with Crippen LogP contribution in [0.1, 0.15) is 26.5 Å². The molecule has 2 aliphatic rings. The second-order valence-corrected chi connectivity index (χ2v) is 8.09. The van der Waals surface area contributed by atoms with Gasteiger partial charge in [0, 0.05) is 0 Å². The quantitative estimate of drug-likeness (QED) is 0.488. The van der Waals surface area contributed by atoms with Gasteiger partial charge in [-0.05, 0) is 13.8 Å². The normalized spacial score (nSPS) is 27.3. The molecular weight excluding hydrogens is 406 g/mol. The van der Waals surface area contributed by atoms with Gasteiger partial charge in [0.1, 0.15) is 0 Å². The Morgan fingerprint density at radius 1 is 1.39 bits per heavy atom. The van der Waals surface area contributed by atoms with E-state index in [0.29, 0.717) is 10.8 Å². The minimum absolute atomic E-state index is 0.0162. The molecule has 0 amide bonds. The van der Waals surface area contributed by atoms with Crippen molar-refractivity contribution in [3.05, 3.63) is 32.9 Å². The number of hydrogen-bond acceptors (Lipinski definition) is 10. The summed E-state index contributed by atoms with van der Waals surface area (Å²) in [7, 11) is -4.26. The molecule has 3 atom stereocenters. The summed E-state index contributed by atoms with van der Waals surface area (Å²) in [6.45, 7) is 2.11. The van der Waals surface area contributed by atoms with Gasteiger partial charge in [-0.15, -0.1) is 0 Å². The van der Waals surface area contributed by atoms with Crippen LogP contribution in [-0.4, -0.2) is 50.0 Å². The molecule has 14 heteroatoms. The molecule has 0 aliphatic carbocycles. The first-order chi connectivity index (χ1) is 13.1. The van der Waals surface area contributed by atoms with Gasteiger partial charge in [0.05, 0.1) is 0 Å². The predicted octanol–water partition coefficient (Wildman–Crippen LogP) is -0.234. The molecule has 0 saturated carbocycles. The molecule has 2 saturated heterocycles. The summed E-state index contributed by atoms with van der Waals surface area (Å²) in [6.07, 6.45) is -3.52. The van der Waals surface area contributed by atoms with E-state index in [0.717, 1.165) is 4.57 Å². The fraction of sp³-hybridized carbons (Fsp3) is 0.643. The molecule has 3 heterocycles. The van der Waals surface area contributed by atoms with Crippen molar-refractivity contribution in [3.8, 4) is 0 Å². The first-order valence-electron chi connectivity index (χ1n) is 8.34. The fourth-order valence-electron chi connectivity index (χ4n) is 2.82. The third kappa shape index (κ3) is 4.40. The van der Waals surface area contributed by atoms with Crippen molar-refractivity contribution in [1.82, 2.24) is 9.13 Å². The van der Waals surface area contributed by atoms with E-state index in [1.54, 1.807) is 13.8 Å². The van der Waals surface area contributed by atoms with Crippen molar-refractivity contribution in [2.75, 3.05) is 6.61 Å². The van der Waals surface area contributed by atoms with Crippen LogP contribution in [0.15, 0.2) is 15.8 Å². The van der Waals surface area contributed by atoms with Crippen LogP contribution in [0.25, 0.3) is 0 Å². The summed E-state index contributed by atoms with van der Waals surface area (Å²) in [5, 5.41) is 0. The van der Waals surface area contributed by atoms with E-state index >= 15 is 0 Å². The van der Waals surface area contributed by atoms with Gasteiger partial charge in [0.15, 0.2) is 0 Å². The predicted molar refractivity (Wildman–Crippen MR) is 89.7 cm³/mol.